The molecule has 0 aromatic heterocycles. The van der Waals surface area contributed by atoms with Crippen molar-refractivity contribution in [2.45, 2.75) is 50.5 Å². The van der Waals surface area contributed by atoms with E-state index in [1.165, 1.54) is 0 Å². The van der Waals surface area contributed by atoms with E-state index in [2.05, 4.69) is 26.1 Å². The molecule has 1 unspecified atom stereocenters. The zero-order valence-electron chi connectivity index (χ0n) is 13.4. The Morgan fingerprint density at radius 3 is 2.19 bits per heavy atom. The Morgan fingerprint density at radius 2 is 1.76 bits per heavy atom. The molecular formula is C16H27NO3S. The predicted molar refractivity (Wildman–Crippen MR) is 86.4 cm³/mol. The summed E-state index contributed by atoms with van der Waals surface area (Å²) in [5.41, 5.74) is 1.12. The first-order valence-electron chi connectivity index (χ1n) is 7.38. The monoisotopic (exact) mass is 313 g/mol. The van der Waals surface area contributed by atoms with Crippen LogP contribution in [-0.2, 0) is 15.3 Å². The average Bonchev–Trinajstić information content (AvgIpc) is 2.38. The number of aliphatic hydroxyl groups is 1. The molecule has 0 fully saturated rings. The fraction of sp³-hybridized carbons (Fsp3) is 0.625. The molecule has 0 heterocycles. The highest BCUT2D eigenvalue weighted by atomic mass is 32.2. The second-order valence-electron chi connectivity index (χ2n) is 6.32. The quantitative estimate of drug-likeness (QED) is 0.809. The largest absolute Gasteiger partial charge is 0.396 e. The van der Waals surface area contributed by atoms with Gasteiger partial charge in [0.1, 0.15) is 0 Å². The maximum absolute atomic E-state index is 12.4. The van der Waals surface area contributed by atoms with Crippen LogP contribution in [0, 0.1) is 0 Å². The van der Waals surface area contributed by atoms with Crippen molar-refractivity contribution < 1.29 is 13.5 Å². The highest BCUT2D eigenvalue weighted by molar-refractivity contribution is 7.91. The van der Waals surface area contributed by atoms with Gasteiger partial charge in [0.15, 0.2) is 9.84 Å². The molecule has 2 N–H and O–H groups in total. The molecule has 0 spiro atoms. The van der Waals surface area contributed by atoms with Gasteiger partial charge < -0.3 is 10.4 Å². The van der Waals surface area contributed by atoms with Crippen molar-refractivity contribution in [1.82, 2.24) is 5.32 Å². The summed E-state index contributed by atoms with van der Waals surface area (Å²) in [6.07, 6.45) is 0.438. The average molecular weight is 313 g/mol. The van der Waals surface area contributed by atoms with Crippen molar-refractivity contribution in [2.75, 3.05) is 18.9 Å². The van der Waals surface area contributed by atoms with Crippen LogP contribution >= 0.6 is 0 Å². The molecule has 0 saturated carbocycles. The Bertz CT molecular complexity index is 524. The lowest BCUT2D eigenvalue weighted by atomic mass is 9.87. The van der Waals surface area contributed by atoms with Crippen molar-refractivity contribution in [3.05, 3.63) is 29.8 Å². The lowest BCUT2D eigenvalue weighted by Crippen LogP contribution is -2.36. The third kappa shape index (κ3) is 5.41. The first-order chi connectivity index (χ1) is 9.70. The number of rotatable bonds is 7. The number of sulfone groups is 1. The predicted octanol–water partition coefficient (Wildman–Crippen LogP) is 2.12. The Labute approximate surface area is 128 Å². The molecule has 0 aliphatic rings. The second kappa shape index (κ2) is 7.38. The number of hydrogen-bond acceptors (Lipinski definition) is 4. The van der Waals surface area contributed by atoms with E-state index in [4.69, 9.17) is 5.11 Å². The van der Waals surface area contributed by atoms with Crippen molar-refractivity contribution >= 4 is 9.84 Å². The van der Waals surface area contributed by atoms with Crippen LogP contribution in [0.1, 0.15) is 39.7 Å². The Morgan fingerprint density at radius 1 is 1.19 bits per heavy atom. The molecule has 0 saturated heterocycles. The summed E-state index contributed by atoms with van der Waals surface area (Å²) in [7, 11) is -3.34. The third-order valence-electron chi connectivity index (χ3n) is 3.47. The minimum atomic E-state index is -3.34. The van der Waals surface area contributed by atoms with Crippen LogP contribution in [-0.4, -0.2) is 38.5 Å². The van der Waals surface area contributed by atoms with Crippen molar-refractivity contribution in [3.63, 3.8) is 0 Å². The van der Waals surface area contributed by atoms with Crippen LogP contribution in [0.25, 0.3) is 0 Å². The summed E-state index contributed by atoms with van der Waals surface area (Å²) in [5, 5.41) is 12.1. The van der Waals surface area contributed by atoms with Crippen molar-refractivity contribution in [1.29, 1.82) is 0 Å². The highest BCUT2D eigenvalue weighted by Crippen LogP contribution is 2.24. The Hall–Kier alpha value is -0.910. The van der Waals surface area contributed by atoms with Crippen LogP contribution in [0.2, 0.25) is 0 Å². The molecule has 1 aromatic rings. The molecule has 1 rings (SSSR count). The molecule has 0 aliphatic heterocycles. The van der Waals surface area contributed by atoms with Gasteiger partial charge in [-0.1, -0.05) is 39.8 Å². The molecule has 5 heteroatoms. The van der Waals surface area contributed by atoms with Gasteiger partial charge in [-0.05, 0) is 36.1 Å². The lowest BCUT2D eigenvalue weighted by Gasteiger charge is -2.20. The number of nitrogens with one attached hydrogen (secondary N) is 1. The molecule has 120 valence electrons. The van der Waals surface area contributed by atoms with E-state index in [9.17, 15) is 8.42 Å². The van der Waals surface area contributed by atoms with E-state index in [-0.39, 0.29) is 23.8 Å². The van der Waals surface area contributed by atoms with E-state index in [0.29, 0.717) is 17.9 Å². The summed E-state index contributed by atoms with van der Waals surface area (Å²) in [6.45, 7) is 8.88. The number of hydrogen-bond donors (Lipinski definition) is 2. The molecule has 0 aliphatic carbocycles. The maximum atomic E-state index is 12.4. The Kier molecular flexibility index (Phi) is 6.38. The van der Waals surface area contributed by atoms with Crippen LogP contribution in [0.15, 0.2) is 29.2 Å². The van der Waals surface area contributed by atoms with Crippen LogP contribution in [0.3, 0.4) is 0 Å². The van der Waals surface area contributed by atoms with E-state index in [1.54, 1.807) is 12.1 Å². The molecule has 1 atom stereocenters. The van der Waals surface area contributed by atoms with Crippen LogP contribution in [0.5, 0.6) is 0 Å². The van der Waals surface area contributed by atoms with E-state index < -0.39 is 9.84 Å². The highest BCUT2D eigenvalue weighted by Gasteiger charge is 2.21. The fourth-order valence-electron chi connectivity index (χ4n) is 2.21. The normalized spacial score (nSPS) is 14.1. The number of benzene rings is 1. The van der Waals surface area contributed by atoms with Crippen LogP contribution < -0.4 is 5.32 Å². The zero-order valence-corrected chi connectivity index (χ0v) is 14.2. The van der Waals surface area contributed by atoms with Gasteiger partial charge in [-0.25, -0.2) is 8.42 Å². The summed E-state index contributed by atoms with van der Waals surface area (Å²) in [4.78, 5) is 0.344. The van der Waals surface area contributed by atoms with Gasteiger partial charge in [-0.3, -0.25) is 0 Å². The zero-order chi connectivity index (χ0) is 16.1. The smallest absolute Gasteiger partial charge is 0.179 e. The summed E-state index contributed by atoms with van der Waals surface area (Å²) < 4.78 is 24.9. The van der Waals surface area contributed by atoms with Gasteiger partial charge in [-0.2, -0.15) is 0 Å². The first kappa shape index (κ1) is 18.1. The lowest BCUT2D eigenvalue weighted by molar-refractivity contribution is 0.270. The third-order valence-corrected chi connectivity index (χ3v) is 5.30. The van der Waals surface area contributed by atoms with Gasteiger partial charge in [0.2, 0.25) is 0 Å². The summed E-state index contributed by atoms with van der Waals surface area (Å²) in [6, 6.07) is 6.89. The van der Waals surface area contributed by atoms with E-state index >= 15 is 0 Å². The van der Waals surface area contributed by atoms with Crippen LogP contribution in [0.4, 0.5) is 0 Å². The van der Waals surface area contributed by atoms with Crippen molar-refractivity contribution in [3.8, 4) is 0 Å². The molecular weight excluding hydrogens is 286 g/mol. The summed E-state index contributed by atoms with van der Waals surface area (Å²) >= 11 is 0. The van der Waals surface area contributed by atoms with E-state index in [1.807, 2.05) is 19.1 Å². The first-order valence-corrected chi connectivity index (χ1v) is 9.03. The molecule has 0 bridgehead atoms. The van der Waals surface area contributed by atoms with Gasteiger partial charge in [0.05, 0.1) is 10.6 Å². The fourth-order valence-corrected chi connectivity index (χ4v) is 3.77. The van der Waals surface area contributed by atoms with Gasteiger partial charge in [0.25, 0.3) is 0 Å². The topological polar surface area (TPSA) is 66.4 Å². The molecule has 0 radical (unpaired) electrons. The maximum Gasteiger partial charge on any atom is 0.179 e. The minimum Gasteiger partial charge on any atom is -0.396 e. The molecule has 4 nitrogen and oxygen atoms in total. The van der Waals surface area contributed by atoms with Crippen molar-refractivity contribution in [2.24, 2.45) is 0 Å². The van der Waals surface area contributed by atoms with Gasteiger partial charge in [0, 0.05) is 12.6 Å². The minimum absolute atomic E-state index is 0.00544. The standard InChI is InChI=1S/C16H27NO3S/c1-5-17-14(10-11-18)12-21(19,20)15-8-6-13(7-9-15)16(2,3)4/h6-9,14,17-18H,5,10-12H2,1-4H3. The van der Waals surface area contributed by atoms with E-state index in [0.717, 1.165) is 5.56 Å². The van der Waals surface area contributed by atoms with Gasteiger partial charge >= 0.3 is 0 Å². The Balaban J connectivity index is 2.92. The second-order valence-corrected chi connectivity index (χ2v) is 8.36. The SMILES string of the molecule is CCNC(CCO)CS(=O)(=O)c1ccc(C(C)(C)C)cc1. The summed E-state index contributed by atoms with van der Waals surface area (Å²) in [5.74, 6) is 0.0102. The molecule has 21 heavy (non-hydrogen) atoms. The van der Waals surface area contributed by atoms with Gasteiger partial charge in [-0.15, -0.1) is 0 Å². The molecule has 0 amide bonds. The molecule has 1 aromatic carbocycles. The number of aliphatic hydroxyl groups excluding tert-OH is 1.